The number of rotatable bonds is 5. The Hall–Kier alpha value is -3.55. The van der Waals surface area contributed by atoms with Crippen LogP contribution in [0.5, 0.6) is 0 Å². The number of carbonyl (C=O) groups excluding carboxylic acids is 1. The number of benzene rings is 1. The largest absolute Gasteiger partial charge is 0.461 e. The van der Waals surface area contributed by atoms with Crippen molar-refractivity contribution in [2.45, 2.75) is 46.0 Å². The minimum absolute atomic E-state index is 0.0574. The summed E-state index contributed by atoms with van der Waals surface area (Å²) in [5.74, 6) is -1.38. The van der Waals surface area contributed by atoms with Gasteiger partial charge in [0.25, 0.3) is 5.69 Å². The van der Waals surface area contributed by atoms with Crippen molar-refractivity contribution in [3.8, 4) is 0 Å². The van der Waals surface area contributed by atoms with Crippen molar-refractivity contribution in [1.29, 1.82) is 0 Å². The molecule has 8 nitrogen and oxygen atoms in total. The van der Waals surface area contributed by atoms with E-state index in [1.807, 2.05) is 0 Å². The number of aryl methyl sites for hydroxylation is 1. The molecule has 0 fully saturated rings. The van der Waals surface area contributed by atoms with Gasteiger partial charge in [0.15, 0.2) is 5.82 Å². The first-order chi connectivity index (χ1) is 15.6. The Kier molecular flexibility index (Phi) is 5.78. The van der Waals surface area contributed by atoms with Crippen molar-refractivity contribution in [3.05, 3.63) is 69.4 Å². The fourth-order valence-electron chi connectivity index (χ4n) is 4.89. The molecule has 1 aliphatic carbocycles. The molecule has 0 bridgehead atoms. The molecular weight excluding hydrogens is 420 g/mol. The molecule has 33 heavy (non-hydrogen) atoms. The van der Waals surface area contributed by atoms with Crippen LogP contribution in [0, 0.1) is 21.4 Å². The number of fused-ring (bicyclic) bond motifs is 2. The van der Waals surface area contributed by atoms with Gasteiger partial charge >= 0.3 is 5.97 Å². The van der Waals surface area contributed by atoms with E-state index in [0.717, 1.165) is 30.5 Å². The average Bonchev–Trinajstić information content (AvgIpc) is 2.77. The van der Waals surface area contributed by atoms with Crippen LogP contribution < -0.4 is 5.73 Å². The molecule has 0 amide bonds. The standard InChI is InChI=1S/C25H28N4O4/c1-5-11-33-24(30)19-14(2)27-23-21(20(19)15-7-6-8-16(12-15)29(31)32)22(26)17-13-25(3,4)10-9-18(17)28-23/h5-8,12,19-20H,1,9-11,13H2,2-4H3,(H2,26,28). The number of hydrogen-bond acceptors (Lipinski definition) is 7. The Morgan fingerprint density at radius 3 is 2.88 bits per heavy atom. The van der Waals surface area contributed by atoms with Crippen molar-refractivity contribution < 1.29 is 14.5 Å². The number of nitrogen functional groups attached to an aromatic ring is 1. The Labute approximate surface area is 192 Å². The predicted molar refractivity (Wildman–Crippen MR) is 127 cm³/mol. The van der Waals surface area contributed by atoms with Crippen LogP contribution in [-0.4, -0.2) is 28.2 Å². The number of ether oxygens (including phenoxy) is 1. The minimum atomic E-state index is -0.779. The van der Waals surface area contributed by atoms with Gasteiger partial charge in [-0.1, -0.05) is 38.6 Å². The van der Waals surface area contributed by atoms with Crippen molar-refractivity contribution in [2.75, 3.05) is 12.3 Å². The van der Waals surface area contributed by atoms with Crippen LogP contribution in [0.1, 0.15) is 55.5 Å². The first kappa shape index (κ1) is 22.6. The molecule has 1 aliphatic heterocycles. The smallest absolute Gasteiger partial charge is 0.315 e. The first-order valence-electron chi connectivity index (χ1n) is 11.0. The molecule has 2 atom stereocenters. The summed E-state index contributed by atoms with van der Waals surface area (Å²) >= 11 is 0. The van der Waals surface area contributed by atoms with Gasteiger partial charge in [-0.15, -0.1) is 0 Å². The molecule has 1 aromatic heterocycles. The monoisotopic (exact) mass is 448 g/mol. The molecule has 2 N–H and O–H groups in total. The fourth-order valence-corrected chi connectivity index (χ4v) is 4.89. The second-order valence-corrected chi connectivity index (χ2v) is 9.51. The lowest BCUT2D eigenvalue weighted by atomic mass is 9.72. The van der Waals surface area contributed by atoms with E-state index in [1.54, 1.807) is 19.1 Å². The molecule has 0 spiro atoms. The predicted octanol–water partition coefficient (Wildman–Crippen LogP) is 4.67. The van der Waals surface area contributed by atoms with E-state index in [1.165, 1.54) is 18.2 Å². The molecule has 2 aliphatic rings. The maximum atomic E-state index is 13.1. The number of nitrogens with two attached hydrogens (primary N) is 1. The molecular formula is C25H28N4O4. The third-order valence-electron chi connectivity index (χ3n) is 6.55. The average molecular weight is 449 g/mol. The summed E-state index contributed by atoms with van der Waals surface area (Å²) in [5, 5.41) is 11.5. The highest BCUT2D eigenvalue weighted by atomic mass is 16.6. The van der Waals surface area contributed by atoms with Crippen LogP contribution in [0.25, 0.3) is 0 Å². The number of hydrogen-bond donors (Lipinski definition) is 1. The van der Waals surface area contributed by atoms with Crippen LogP contribution in [0.3, 0.4) is 0 Å². The number of pyridine rings is 1. The minimum Gasteiger partial charge on any atom is -0.461 e. The highest BCUT2D eigenvalue weighted by Gasteiger charge is 2.42. The number of non-ortho nitro benzene ring substituents is 1. The maximum Gasteiger partial charge on any atom is 0.315 e. The van der Waals surface area contributed by atoms with Gasteiger partial charge in [0, 0.05) is 40.7 Å². The summed E-state index contributed by atoms with van der Waals surface area (Å²) in [5.41, 5.74) is 11.0. The van der Waals surface area contributed by atoms with E-state index in [0.29, 0.717) is 28.3 Å². The lowest BCUT2D eigenvalue weighted by molar-refractivity contribution is -0.384. The van der Waals surface area contributed by atoms with Gasteiger partial charge in [-0.05, 0) is 42.7 Å². The Morgan fingerprint density at radius 1 is 1.42 bits per heavy atom. The van der Waals surface area contributed by atoms with Crippen LogP contribution in [0.15, 0.2) is 41.9 Å². The van der Waals surface area contributed by atoms with Crippen molar-refractivity contribution in [3.63, 3.8) is 0 Å². The zero-order chi connectivity index (χ0) is 23.9. The van der Waals surface area contributed by atoms with E-state index in [9.17, 15) is 14.9 Å². The van der Waals surface area contributed by atoms with Gasteiger partial charge in [-0.2, -0.15) is 0 Å². The normalized spacial score (nSPS) is 20.8. The Bertz CT molecular complexity index is 1190. The second kappa shape index (κ2) is 8.42. The van der Waals surface area contributed by atoms with E-state index < -0.39 is 22.7 Å². The number of nitro benzene ring substituents is 1. The molecule has 172 valence electrons. The summed E-state index contributed by atoms with van der Waals surface area (Å²) in [6.45, 7) is 9.82. The Morgan fingerprint density at radius 2 is 2.18 bits per heavy atom. The number of anilines is 1. The van der Waals surface area contributed by atoms with Gasteiger partial charge in [0.2, 0.25) is 0 Å². The lowest BCUT2D eigenvalue weighted by Crippen LogP contribution is -2.35. The van der Waals surface area contributed by atoms with Gasteiger partial charge in [0.1, 0.15) is 12.5 Å². The number of esters is 1. The van der Waals surface area contributed by atoms with E-state index >= 15 is 0 Å². The van der Waals surface area contributed by atoms with Crippen LogP contribution in [0.4, 0.5) is 17.2 Å². The summed E-state index contributed by atoms with van der Waals surface area (Å²) in [4.78, 5) is 33.7. The number of nitro groups is 1. The summed E-state index contributed by atoms with van der Waals surface area (Å²) < 4.78 is 5.40. The van der Waals surface area contributed by atoms with Gasteiger partial charge in [0.05, 0.1) is 4.92 Å². The number of aromatic nitrogens is 1. The third-order valence-corrected chi connectivity index (χ3v) is 6.55. The van der Waals surface area contributed by atoms with Gasteiger partial charge in [-0.25, -0.2) is 9.98 Å². The Balaban J connectivity index is 1.95. The summed E-state index contributed by atoms with van der Waals surface area (Å²) in [7, 11) is 0. The molecule has 0 saturated carbocycles. The van der Waals surface area contributed by atoms with Crippen LogP contribution in [-0.2, 0) is 22.4 Å². The number of carbonyl (C=O) groups is 1. The lowest BCUT2D eigenvalue weighted by Gasteiger charge is -2.36. The molecule has 0 radical (unpaired) electrons. The highest BCUT2D eigenvalue weighted by molar-refractivity contribution is 6.05. The van der Waals surface area contributed by atoms with Gasteiger partial charge in [-0.3, -0.25) is 14.9 Å². The zero-order valence-electron chi connectivity index (χ0n) is 19.1. The summed E-state index contributed by atoms with van der Waals surface area (Å²) in [6.07, 6.45) is 4.07. The fraction of sp³-hybridized carbons (Fsp3) is 0.400. The molecule has 2 unspecified atom stereocenters. The van der Waals surface area contributed by atoms with Crippen molar-refractivity contribution >= 4 is 28.9 Å². The molecule has 4 rings (SSSR count). The number of aliphatic imine (C=N–C) groups is 1. The van der Waals surface area contributed by atoms with Gasteiger partial charge < -0.3 is 10.5 Å². The van der Waals surface area contributed by atoms with E-state index in [-0.39, 0.29) is 17.7 Å². The first-order valence-corrected chi connectivity index (χ1v) is 11.0. The van der Waals surface area contributed by atoms with Crippen molar-refractivity contribution in [1.82, 2.24) is 4.98 Å². The SMILES string of the molecule is C=CCOC(=O)C1C(C)=Nc2nc3c(c(N)c2C1c1cccc([N+](=O)[O-])c1)CC(C)(C)CC3. The summed E-state index contributed by atoms with van der Waals surface area (Å²) in [6, 6.07) is 6.31. The quantitative estimate of drug-likeness (QED) is 0.307. The molecule has 2 aromatic rings. The topological polar surface area (TPSA) is 121 Å². The second-order valence-electron chi connectivity index (χ2n) is 9.51. The van der Waals surface area contributed by atoms with E-state index in [4.69, 9.17) is 15.5 Å². The maximum absolute atomic E-state index is 13.1. The molecule has 0 saturated heterocycles. The van der Waals surface area contributed by atoms with Crippen LogP contribution in [0.2, 0.25) is 0 Å². The van der Waals surface area contributed by atoms with Crippen molar-refractivity contribution in [2.24, 2.45) is 16.3 Å². The van der Waals surface area contributed by atoms with Crippen LogP contribution >= 0.6 is 0 Å². The molecule has 8 heteroatoms. The van der Waals surface area contributed by atoms with E-state index in [2.05, 4.69) is 25.4 Å². The molecule has 1 aromatic carbocycles. The highest BCUT2D eigenvalue weighted by Crippen LogP contribution is 2.49. The zero-order valence-corrected chi connectivity index (χ0v) is 19.1. The third kappa shape index (κ3) is 4.13. The number of nitrogens with zero attached hydrogens (tertiary/aromatic N) is 3. The molecule has 2 heterocycles.